The Kier molecular flexibility index (Phi) is 2.72. The molecule has 0 saturated carbocycles. The number of fused-ring (bicyclic) bond motifs is 1. The number of carbonyl (C=O) groups is 1. The zero-order valence-corrected chi connectivity index (χ0v) is 10.5. The zero-order valence-electron chi connectivity index (χ0n) is 9.75. The first-order valence-electron chi connectivity index (χ1n) is 5.62. The Morgan fingerprint density at radius 1 is 1.16 bits per heavy atom. The molecule has 1 aromatic heterocycles. The van der Waals surface area contributed by atoms with Crippen molar-refractivity contribution in [1.29, 1.82) is 0 Å². The Hall–Kier alpha value is -2.33. The van der Waals surface area contributed by atoms with Gasteiger partial charge in [-0.15, -0.1) is 0 Å². The summed E-state index contributed by atoms with van der Waals surface area (Å²) in [6, 6.07) is 12.4. The normalized spacial score (nSPS) is 10.8. The summed E-state index contributed by atoms with van der Waals surface area (Å²) in [5.74, 6) is -0.980. The van der Waals surface area contributed by atoms with Gasteiger partial charge < -0.3 is 5.11 Å². The van der Waals surface area contributed by atoms with Crippen LogP contribution in [-0.2, 0) is 0 Å². The van der Waals surface area contributed by atoms with Crippen LogP contribution >= 0.6 is 11.6 Å². The van der Waals surface area contributed by atoms with Crippen LogP contribution < -0.4 is 0 Å². The number of hydrogen-bond donors (Lipinski definition) is 1. The van der Waals surface area contributed by atoms with Gasteiger partial charge in [-0.2, -0.15) is 0 Å². The first-order valence-corrected chi connectivity index (χ1v) is 6.00. The van der Waals surface area contributed by atoms with Gasteiger partial charge in [0.05, 0.1) is 11.1 Å². The molecule has 19 heavy (non-hydrogen) atoms. The Morgan fingerprint density at radius 2 is 1.89 bits per heavy atom. The molecule has 0 bridgehead atoms. The predicted octanol–water partition coefficient (Wildman–Crippen LogP) is 3.38. The molecule has 3 aromatic rings. The molecule has 3 rings (SSSR count). The first kappa shape index (κ1) is 11.7. The molecule has 0 saturated heterocycles. The molecule has 0 spiro atoms. The van der Waals surface area contributed by atoms with Crippen LogP contribution in [0, 0.1) is 0 Å². The fourth-order valence-corrected chi connectivity index (χ4v) is 2.15. The Balaban J connectivity index is 2.24. The van der Waals surface area contributed by atoms with Gasteiger partial charge >= 0.3 is 5.97 Å². The lowest BCUT2D eigenvalue weighted by Gasteiger charge is -2.04. The van der Waals surface area contributed by atoms with Crippen molar-refractivity contribution in [1.82, 2.24) is 9.55 Å². The van der Waals surface area contributed by atoms with Gasteiger partial charge in [0.25, 0.3) is 0 Å². The summed E-state index contributed by atoms with van der Waals surface area (Å²) in [5.41, 5.74) is 2.31. The highest BCUT2D eigenvalue weighted by Gasteiger charge is 2.12. The monoisotopic (exact) mass is 272 g/mol. The number of imidazole rings is 1. The molecular weight excluding hydrogens is 264 g/mol. The number of halogens is 1. The van der Waals surface area contributed by atoms with Gasteiger partial charge in [0.1, 0.15) is 11.8 Å². The van der Waals surface area contributed by atoms with Crippen LogP contribution in [0.5, 0.6) is 0 Å². The van der Waals surface area contributed by atoms with E-state index in [0.717, 1.165) is 11.2 Å². The molecule has 0 radical (unpaired) electrons. The van der Waals surface area contributed by atoms with E-state index >= 15 is 0 Å². The Bertz CT molecular complexity index is 763. The van der Waals surface area contributed by atoms with Crippen molar-refractivity contribution in [3.8, 4) is 5.69 Å². The highest BCUT2D eigenvalue weighted by molar-refractivity contribution is 6.30. The topological polar surface area (TPSA) is 55.1 Å². The minimum Gasteiger partial charge on any atom is -0.478 e. The highest BCUT2D eigenvalue weighted by Crippen LogP contribution is 2.22. The van der Waals surface area contributed by atoms with Crippen molar-refractivity contribution < 1.29 is 9.90 Å². The number of carboxylic acids is 1. The van der Waals surface area contributed by atoms with Gasteiger partial charge in [-0.05, 0) is 36.4 Å². The van der Waals surface area contributed by atoms with Crippen molar-refractivity contribution in [2.75, 3.05) is 0 Å². The molecule has 0 aliphatic rings. The highest BCUT2D eigenvalue weighted by atomic mass is 35.5. The summed E-state index contributed by atoms with van der Waals surface area (Å²) < 4.78 is 1.83. The maximum Gasteiger partial charge on any atom is 0.337 e. The average Bonchev–Trinajstić information content (AvgIpc) is 2.83. The third-order valence-corrected chi connectivity index (χ3v) is 3.16. The number of nitrogens with zero attached hydrogens (tertiary/aromatic N) is 2. The van der Waals surface area contributed by atoms with Crippen molar-refractivity contribution in [2.45, 2.75) is 0 Å². The van der Waals surface area contributed by atoms with Crippen LogP contribution in [0.25, 0.3) is 16.7 Å². The minimum atomic E-state index is -0.980. The smallest absolute Gasteiger partial charge is 0.337 e. The summed E-state index contributed by atoms with van der Waals surface area (Å²) >= 11 is 5.86. The number of rotatable bonds is 2. The van der Waals surface area contributed by atoms with Crippen LogP contribution in [0.1, 0.15) is 10.4 Å². The molecular formula is C14H9ClN2O2. The summed E-state index contributed by atoms with van der Waals surface area (Å²) in [6.07, 6.45) is 1.61. The standard InChI is InChI=1S/C14H9ClN2O2/c15-9-4-6-10(7-5-9)17-8-16-13-11(14(18)19)2-1-3-12(13)17/h1-8H,(H,18,19). The molecule has 0 fully saturated rings. The molecule has 0 aliphatic carbocycles. The van der Waals surface area contributed by atoms with E-state index in [1.54, 1.807) is 30.6 Å². The third kappa shape index (κ3) is 1.96. The van der Waals surface area contributed by atoms with Gasteiger partial charge in [-0.1, -0.05) is 17.7 Å². The molecule has 0 atom stereocenters. The lowest BCUT2D eigenvalue weighted by molar-refractivity contribution is 0.0699. The molecule has 0 amide bonds. The van der Waals surface area contributed by atoms with E-state index < -0.39 is 5.97 Å². The maximum absolute atomic E-state index is 11.1. The zero-order chi connectivity index (χ0) is 13.4. The van der Waals surface area contributed by atoms with Crippen LogP contribution in [0.3, 0.4) is 0 Å². The number of aromatic nitrogens is 2. The Morgan fingerprint density at radius 3 is 2.58 bits per heavy atom. The van der Waals surface area contributed by atoms with E-state index in [2.05, 4.69) is 4.98 Å². The third-order valence-electron chi connectivity index (χ3n) is 2.91. The number of carboxylic acid groups (broad SMARTS) is 1. The van der Waals surface area contributed by atoms with E-state index in [1.165, 1.54) is 0 Å². The van der Waals surface area contributed by atoms with Crippen LogP contribution in [0.15, 0.2) is 48.8 Å². The molecule has 1 N–H and O–H groups in total. The fourth-order valence-electron chi connectivity index (χ4n) is 2.02. The SMILES string of the molecule is O=C(O)c1cccc2c1ncn2-c1ccc(Cl)cc1. The fraction of sp³-hybridized carbons (Fsp3) is 0. The summed E-state index contributed by atoms with van der Waals surface area (Å²) in [7, 11) is 0. The van der Waals surface area contributed by atoms with E-state index in [-0.39, 0.29) is 5.56 Å². The molecule has 0 aliphatic heterocycles. The Labute approximate surface area is 113 Å². The summed E-state index contributed by atoms with van der Waals surface area (Å²) in [5, 5.41) is 9.78. The molecule has 94 valence electrons. The second kappa shape index (κ2) is 4.40. The summed E-state index contributed by atoms with van der Waals surface area (Å²) in [6.45, 7) is 0. The van der Waals surface area contributed by atoms with Gasteiger partial charge in [-0.3, -0.25) is 4.57 Å². The maximum atomic E-state index is 11.1. The predicted molar refractivity (Wildman–Crippen MR) is 73.0 cm³/mol. The second-order valence-electron chi connectivity index (χ2n) is 4.07. The lowest BCUT2D eigenvalue weighted by atomic mass is 10.2. The van der Waals surface area contributed by atoms with Gasteiger partial charge in [-0.25, -0.2) is 9.78 Å². The quantitative estimate of drug-likeness (QED) is 0.778. The minimum absolute atomic E-state index is 0.199. The number of para-hydroxylation sites is 1. The molecule has 4 nitrogen and oxygen atoms in total. The summed E-state index contributed by atoms with van der Waals surface area (Å²) in [4.78, 5) is 15.3. The van der Waals surface area contributed by atoms with Crippen molar-refractivity contribution in [3.05, 3.63) is 59.4 Å². The van der Waals surface area contributed by atoms with Crippen LogP contribution in [-0.4, -0.2) is 20.6 Å². The van der Waals surface area contributed by atoms with Crippen molar-refractivity contribution in [2.24, 2.45) is 0 Å². The molecule has 2 aromatic carbocycles. The average molecular weight is 273 g/mol. The number of hydrogen-bond acceptors (Lipinski definition) is 2. The van der Waals surface area contributed by atoms with E-state index in [9.17, 15) is 4.79 Å². The van der Waals surface area contributed by atoms with Crippen LogP contribution in [0.2, 0.25) is 5.02 Å². The molecule has 0 unspecified atom stereocenters. The van der Waals surface area contributed by atoms with Gasteiger partial charge in [0, 0.05) is 10.7 Å². The molecule has 5 heteroatoms. The van der Waals surface area contributed by atoms with Crippen molar-refractivity contribution in [3.63, 3.8) is 0 Å². The second-order valence-corrected chi connectivity index (χ2v) is 4.51. The van der Waals surface area contributed by atoms with E-state index in [4.69, 9.17) is 16.7 Å². The lowest BCUT2D eigenvalue weighted by Crippen LogP contribution is -1.97. The van der Waals surface area contributed by atoms with E-state index in [0.29, 0.717) is 10.5 Å². The van der Waals surface area contributed by atoms with Crippen LogP contribution in [0.4, 0.5) is 0 Å². The molecule has 1 heterocycles. The number of benzene rings is 2. The van der Waals surface area contributed by atoms with Gasteiger partial charge in [0.2, 0.25) is 0 Å². The van der Waals surface area contributed by atoms with E-state index in [1.807, 2.05) is 22.8 Å². The van der Waals surface area contributed by atoms with Crippen molar-refractivity contribution >= 4 is 28.6 Å². The largest absolute Gasteiger partial charge is 0.478 e. The first-order chi connectivity index (χ1) is 9.16. The number of aromatic carboxylic acids is 1. The van der Waals surface area contributed by atoms with Gasteiger partial charge in [0.15, 0.2) is 0 Å².